The van der Waals surface area contributed by atoms with Crippen LogP contribution in [0.1, 0.15) is 36.4 Å². The van der Waals surface area contributed by atoms with Crippen LogP contribution < -0.4 is 5.32 Å². The zero-order valence-corrected chi connectivity index (χ0v) is 14.7. The highest BCUT2D eigenvalue weighted by Crippen LogP contribution is 2.31. The first-order valence-electron chi connectivity index (χ1n) is 8.21. The Kier molecular flexibility index (Phi) is 6.55. The number of benzene rings is 1. The lowest BCUT2D eigenvalue weighted by Crippen LogP contribution is -2.43. The molecule has 0 unspecified atom stereocenters. The van der Waals surface area contributed by atoms with Crippen LogP contribution in [0.25, 0.3) is 0 Å². The van der Waals surface area contributed by atoms with Gasteiger partial charge >= 0.3 is 12.1 Å². The summed E-state index contributed by atoms with van der Waals surface area (Å²) in [6.07, 6.45) is -0.495. The number of nitrogens with zero attached hydrogens (tertiary/aromatic N) is 2. The van der Waals surface area contributed by atoms with Crippen molar-refractivity contribution in [2.24, 2.45) is 0 Å². The second kappa shape index (κ2) is 8.85. The van der Waals surface area contributed by atoms with Crippen molar-refractivity contribution in [3.05, 3.63) is 35.4 Å². The van der Waals surface area contributed by atoms with Gasteiger partial charge in [-0.05, 0) is 17.7 Å². The minimum atomic E-state index is -0.558. The monoisotopic (exact) mass is 359 g/mol. The number of ether oxygens (including phenoxy) is 2. The molecular weight excluding hydrogens is 338 g/mol. The lowest BCUT2D eigenvalue weighted by molar-refractivity contribution is -0.140. The highest BCUT2D eigenvalue weighted by molar-refractivity contribution is 5.78. The first-order chi connectivity index (χ1) is 12.4. The number of hydrogen-bond donors (Lipinski definition) is 1. The van der Waals surface area contributed by atoms with E-state index in [1.165, 1.54) is 12.0 Å². The summed E-state index contributed by atoms with van der Waals surface area (Å²) < 4.78 is 9.80. The minimum Gasteiger partial charge on any atom is -0.469 e. The molecule has 0 aromatic heterocycles. The quantitative estimate of drug-likeness (QED) is 0.771. The van der Waals surface area contributed by atoms with Gasteiger partial charge in [-0.3, -0.25) is 9.59 Å². The number of esters is 1. The molecule has 0 saturated carbocycles. The molecule has 1 N–H and O–H groups in total. The molecule has 0 aliphatic carbocycles. The van der Waals surface area contributed by atoms with E-state index in [9.17, 15) is 14.4 Å². The molecule has 0 bridgehead atoms. The van der Waals surface area contributed by atoms with Crippen LogP contribution in [-0.2, 0) is 19.1 Å². The molecule has 1 fully saturated rings. The van der Waals surface area contributed by atoms with Gasteiger partial charge in [0, 0.05) is 20.0 Å². The third-order valence-corrected chi connectivity index (χ3v) is 4.23. The van der Waals surface area contributed by atoms with Gasteiger partial charge in [-0.2, -0.15) is 5.26 Å². The summed E-state index contributed by atoms with van der Waals surface area (Å²) in [5, 5.41) is 11.5. The van der Waals surface area contributed by atoms with Crippen molar-refractivity contribution in [1.82, 2.24) is 10.2 Å². The number of nitriles is 1. The van der Waals surface area contributed by atoms with Crippen LogP contribution >= 0.6 is 0 Å². The molecule has 1 aliphatic heterocycles. The van der Waals surface area contributed by atoms with Crippen molar-refractivity contribution in [2.75, 3.05) is 20.7 Å². The molecule has 138 valence electrons. The fourth-order valence-corrected chi connectivity index (χ4v) is 2.76. The van der Waals surface area contributed by atoms with Crippen molar-refractivity contribution in [3.8, 4) is 6.07 Å². The van der Waals surface area contributed by atoms with E-state index in [1.54, 1.807) is 31.3 Å². The molecule has 26 heavy (non-hydrogen) atoms. The van der Waals surface area contributed by atoms with Crippen LogP contribution in [0.15, 0.2) is 24.3 Å². The number of carbonyl (C=O) groups excluding carboxylic acids is 3. The summed E-state index contributed by atoms with van der Waals surface area (Å²) in [5.41, 5.74) is 1.41. The van der Waals surface area contributed by atoms with Crippen molar-refractivity contribution in [2.45, 2.75) is 31.4 Å². The average Bonchev–Trinajstić information content (AvgIpc) is 2.64. The minimum absolute atomic E-state index is 0.0214. The molecule has 2 amide bonds. The topological polar surface area (TPSA) is 109 Å². The maximum Gasteiger partial charge on any atom is 0.410 e. The highest BCUT2D eigenvalue weighted by atomic mass is 16.6. The standard InChI is InChI=1S/C18H21N3O5/c1-21-15(13-5-3-12(11-19)4-6-13)9-14(26-18(21)24)10-16(22)20-8-7-17(23)25-2/h3-6,14-15H,7-10H2,1-2H3,(H,20,22)/t14-,15+/m1/s1. The van der Waals surface area contributed by atoms with Gasteiger partial charge in [0.1, 0.15) is 6.10 Å². The van der Waals surface area contributed by atoms with Gasteiger partial charge in [-0.1, -0.05) is 12.1 Å². The van der Waals surface area contributed by atoms with Gasteiger partial charge in [-0.15, -0.1) is 0 Å². The number of rotatable bonds is 6. The van der Waals surface area contributed by atoms with Crippen molar-refractivity contribution >= 4 is 18.0 Å². The van der Waals surface area contributed by atoms with Crippen LogP contribution in [0, 0.1) is 11.3 Å². The van der Waals surface area contributed by atoms with Crippen molar-refractivity contribution < 1.29 is 23.9 Å². The molecule has 2 rings (SSSR count). The smallest absolute Gasteiger partial charge is 0.410 e. The van der Waals surface area contributed by atoms with Crippen LogP contribution in [0.2, 0.25) is 0 Å². The van der Waals surface area contributed by atoms with Crippen LogP contribution in [0.4, 0.5) is 4.79 Å². The molecule has 8 heteroatoms. The number of carbonyl (C=O) groups is 3. The zero-order chi connectivity index (χ0) is 19.1. The first-order valence-corrected chi connectivity index (χ1v) is 8.21. The van der Waals surface area contributed by atoms with E-state index in [0.717, 1.165) is 5.56 Å². The summed E-state index contributed by atoms with van der Waals surface area (Å²) in [5.74, 6) is -0.702. The third kappa shape index (κ3) is 4.96. The Balaban J connectivity index is 1.96. The van der Waals surface area contributed by atoms with Gasteiger partial charge in [-0.25, -0.2) is 4.79 Å². The second-order valence-corrected chi connectivity index (χ2v) is 5.98. The summed E-state index contributed by atoms with van der Waals surface area (Å²) >= 11 is 0. The molecule has 1 aromatic carbocycles. The van der Waals surface area contributed by atoms with Gasteiger partial charge in [0.15, 0.2) is 0 Å². The molecule has 1 aromatic rings. The molecule has 0 radical (unpaired) electrons. The summed E-state index contributed by atoms with van der Waals surface area (Å²) in [7, 11) is 2.92. The Hall–Kier alpha value is -3.08. The Bertz CT molecular complexity index is 711. The van der Waals surface area contributed by atoms with Crippen molar-refractivity contribution in [3.63, 3.8) is 0 Å². The van der Waals surface area contributed by atoms with Crippen molar-refractivity contribution in [1.29, 1.82) is 5.26 Å². The van der Waals surface area contributed by atoms with E-state index in [1.807, 2.05) is 0 Å². The van der Waals surface area contributed by atoms with Crippen LogP contribution in [-0.4, -0.2) is 49.7 Å². The lowest BCUT2D eigenvalue weighted by Gasteiger charge is -2.36. The molecule has 1 saturated heterocycles. The SMILES string of the molecule is COC(=O)CCNC(=O)C[C@H]1C[C@@H](c2ccc(C#N)cc2)N(C)C(=O)O1. The molecule has 2 atom stereocenters. The maximum atomic E-state index is 12.1. The fraction of sp³-hybridized carbons (Fsp3) is 0.444. The van der Waals surface area contributed by atoms with Crippen LogP contribution in [0.5, 0.6) is 0 Å². The number of hydrogen-bond acceptors (Lipinski definition) is 6. The third-order valence-electron chi connectivity index (χ3n) is 4.23. The Labute approximate surface area is 151 Å². The van der Waals surface area contributed by atoms with E-state index < -0.39 is 18.2 Å². The largest absolute Gasteiger partial charge is 0.469 e. The van der Waals surface area contributed by atoms with Gasteiger partial charge in [0.2, 0.25) is 5.91 Å². The highest BCUT2D eigenvalue weighted by Gasteiger charge is 2.34. The maximum absolute atomic E-state index is 12.1. The van der Waals surface area contributed by atoms with E-state index in [4.69, 9.17) is 10.00 Å². The summed E-state index contributed by atoms with van der Waals surface area (Å²) in [4.78, 5) is 36.6. The van der Waals surface area contributed by atoms with E-state index in [2.05, 4.69) is 16.1 Å². The van der Waals surface area contributed by atoms with E-state index >= 15 is 0 Å². The fourth-order valence-electron chi connectivity index (χ4n) is 2.76. The summed E-state index contributed by atoms with van der Waals surface area (Å²) in [6.45, 7) is 0.172. The Morgan fingerprint density at radius 1 is 1.38 bits per heavy atom. The normalized spacial score (nSPS) is 19.3. The lowest BCUT2D eigenvalue weighted by atomic mass is 9.96. The average molecular weight is 359 g/mol. The van der Waals surface area contributed by atoms with E-state index in [-0.39, 0.29) is 31.3 Å². The zero-order valence-electron chi connectivity index (χ0n) is 14.7. The van der Waals surface area contributed by atoms with E-state index in [0.29, 0.717) is 12.0 Å². The molecule has 1 aliphatic rings. The number of cyclic esters (lactones) is 1. The number of nitrogens with one attached hydrogen (secondary N) is 1. The predicted octanol–water partition coefficient (Wildman–Crippen LogP) is 1.51. The second-order valence-electron chi connectivity index (χ2n) is 5.98. The molecule has 8 nitrogen and oxygen atoms in total. The Morgan fingerprint density at radius 2 is 2.08 bits per heavy atom. The number of methoxy groups -OCH3 is 1. The predicted molar refractivity (Wildman–Crippen MR) is 90.8 cm³/mol. The summed E-state index contributed by atoms with van der Waals surface area (Å²) in [6, 6.07) is 8.79. The molecule has 0 spiro atoms. The van der Waals surface area contributed by atoms with Crippen LogP contribution in [0.3, 0.4) is 0 Å². The van der Waals surface area contributed by atoms with Gasteiger partial charge in [0.05, 0.1) is 37.6 Å². The first kappa shape index (κ1) is 19.2. The van der Waals surface area contributed by atoms with Gasteiger partial charge < -0.3 is 19.7 Å². The molecular formula is C18H21N3O5. The van der Waals surface area contributed by atoms with Gasteiger partial charge in [0.25, 0.3) is 0 Å². The number of amides is 2. The Morgan fingerprint density at radius 3 is 2.69 bits per heavy atom. The molecule has 1 heterocycles.